The van der Waals surface area contributed by atoms with Crippen molar-refractivity contribution in [3.05, 3.63) is 35.4 Å². The standard InChI is InChI=1S/C14H22N2/c1-12-5-7-13(8-6-12)14(15-2)11-16-9-3-4-10-16/h5-8,14-15H,3-4,9-11H2,1-2H3. The number of aryl methyl sites for hydroxylation is 1. The highest BCUT2D eigenvalue weighted by molar-refractivity contribution is 5.24. The summed E-state index contributed by atoms with van der Waals surface area (Å²) in [5.74, 6) is 0. The molecule has 88 valence electrons. The maximum Gasteiger partial charge on any atom is 0.0446 e. The average Bonchev–Trinajstić information content (AvgIpc) is 2.80. The lowest BCUT2D eigenvalue weighted by atomic mass is 10.0. The van der Waals surface area contributed by atoms with Crippen molar-refractivity contribution in [1.82, 2.24) is 10.2 Å². The molecule has 0 saturated carbocycles. The number of nitrogens with one attached hydrogen (secondary N) is 1. The Balaban J connectivity index is 2.00. The second kappa shape index (κ2) is 5.46. The van der Waals surface area contributed by atoms with Crippen molar-refractivity contribution < 1.29 is 0 Å². The Morgan fingerprint density at radius 3 is 2.38 bits per heavy atom. The van der Waals surface area contributed by atoms with E-state index in [0.29, 0.717) is 6.04 Å². The van der Waals surface area contributed by atoms with Gasteiger partial charge in [0.1, 0.15) is 0 Å². The third kappa shape index (κ3) is 2.83. The van der Waals surface area contributed by atoms with Gasteiger partial charge in [-0.05, 0) is 45.5 Å². The summed E-state index contributed by atoms with van der Waals surface area (Å²) < 4.78 is 0. The summed E-state index contributed by atoms with van der Waals surface area (Å²) in [7, 11) is 2.06. The molecule has 1 aliphatic rings. The van der Waals surface area contributed by atoms with Crippen molar-refractivity contribution in [2.75, 3.05) is 26.7 Å². The Morgan fingerprint density at radius 2 is 1.81 bits per heavy atom. The first-order valence-electron chi connectivity index (χ1n) is 6.26. The molecule has 0 bridgehead atoms. The third-order valence-corrected chi connectivity index (χ3v) is 3.47. The molecule has 16 heavy (non-hydrogen) atoms. The fourth-order valence-electron chi connectivity index (χ4n) is 2.39. The van der Waals surface area contributed by atoms with Gasteiger partial charge in [-0.25, -0.2) is 0 Å². The van der Waals surface area contributed by atoms with Gasteiger partial charge in [-0.1, -0.05) is 29.8 Å². The molecule has 1 aliphatic heterocycles. The van der Waals surface area contributed by atoms with Crippen LogP contribution < -0.4 is 5.32 Å². The maximum atomic E-state index is 3.42. The highest BCUT2D eigenvalue weighted by atomic mass is 15.2. The van der Waals surface area contributed by atoms with Gasteiger partial charge in [-0.3, -0.25) is 0 Å². The molecule has 0 aliphatic carbocycles. The molecule has 1 N–H and O–H groups in total. The molecule has 1 aromatic rings. The van der Waals surface area contributed by atoms with Crippen molar-refractivity contribution in [3.63, 3.8) is 0 Å². The maximum absolute atomic E-state index is 3.42. The van der Waals surface area contributed by atoms with Crippen LogP contribution in [0, 0.1) is 6.92 Å². The second-order valence-corrected chi connectivity index (χ2v) is 4.76. The van der Waals surface area contributed by atoms with E-state index < -0.39 is 0 Å². The van der Waals surface area contributed by atoms with E-state index in [1.807, 2.05) is 0 Å². The highest BCUT2D eigenvalue weighted by Gasteiger charge is 2.17. The summed E-state index contributed by atoms with van der Waals surface area (Å²) in [5, 5.41) is 3.42. The molecular weight excluding hydrogens is 196 g/mol. The van der Waals surface area contributed by atoms with Crippen LogP contribution in [0.3, 0.4) is 0 Å². The van der Waals surface area contributed by atoms with E-state index in [1.165, 1.54) is 37.1 Å². The monoisotopic (exact) mass is 218 g/mol. The van der Waals surface area contributed by atoms with Crippen molar-refractivity contribution >= 4 is 0 Å². The fraction of sp³-hybridized carbons (Fsp3) is 0.571. The van der Waals surface area contributed by atoms with Gasteiger partial charge in [0.15, 0.2) is 0 Å². The molecule has 1 atom stereocenters. The number of hydrogen-bond acceptors (Lipinski definition) is 2. The number of nitrogens with zero attached hydrogens (tertiary/aromatic N) is 1. The van der Waals surface area contributed by atoms with Crippen LogP contribution in [0.1, 0.15) is 30.0 Å². The fourth-order valence-corrected chi connectivity index (χ4v) is 2.39. The van der Waals surface area contributed by atoms with E-state index >= 15 is 0 Å². The number of rotatable bonds is 4. The lowest BCUT2D eigenvalue weighted by Gasteiger charge is -2.23. The molecule has 1 unspecified atom stereocenters. The van der Waals surface area contributed by atoms with Gasteiger partial charge in [0.25, 0.3) is 0 Å². The van der Waals surface area contributed by atoms with E-state index in [-0.39, 0.29) is 0 Å². The summed E-state index contributed by atoms with van der Waals surface area (Å²) in [6, 6.07) is 9.35. The zero-order valence-electron chi connectivity index (χ0n) is 10.4. The normalized spacial score (nSPS) is 18.9. The number of likely N-dealkylation sites (tertiary alicyclic amines) is 1. The summed E-state index contributed by atoms with van der Waals surface area (Å²) in [4.78, 5) is 2.56. The lowest BCUT2D eigenvalue weighted by Crippen LogP contribution is -2.31. The summed E-state index contributed by atoms with van der Waals surface area (Å²) in [6.45, 7) is 5.81. The highest BCUT2D eigenvalue weighted by Crippen LogP contribution is 2.17. The van der Waals surface area contributed by atoms with Crippen LogP contribution >= 0.6 is 0 Å². The Morgan fingerprint density at radius 1 is 1.19 bits per heavy atom. The second-order valence-electron chi connectivity index (χ2n) is 4.76. The van der Waals surface area contributed by atoms with Crippen molar-refractivity contribution in [3.8, 4) is 0 Å². The van der Waals surface area contributed by atoms with Crippen molar-refractivity contribution in [2.45, 2.75) is 25.8 Å². The first kappa shape index (κ1) is 11.6. The summed E-state index contributed by atoms with van der Waals surface area (Å²) in [5.41, 5.74) is 2.74. The minimum absolute atomic E-state index is 0.471. The van der Waals surface area contributed by atoms with Crippen LogP contribution in [-0.4, -0.2) is 31.6 Å². The van der Waals surface area contributed by atoms with Gasteiger partial charge in [-0.15, -0.1) is 0 Å². The number of likely N-dealkylation sites (N-methyl/N-ethyl adjacent to an activating group) is 1. The number of benzene rings is 1. The topological polar surface area (TPSA) is 15.3 Å². The first-order chi connectivity index (χ1) is 7.79. The largest absolute Gasteiger partial charge is 0.312 e. The first-order valence-corrected chi connectivity index (χ1v) is 6.26. The Kier molecular flexibility index (Phi) is 3.97. The predicted molar refractivity (Wildman–Crippen MR) is 68.7 cm³/mol. The van der Waals surface area contributed by atoms with E-state index in [9.17, 15) is 0 Å². The van der Waals surface area contributed by atoms with E-state index in [0.717, 1.165) is 6.54 Å². The molecule has 0 spiro atoms. The smallest absolute Gasteiger partial charge is 0.0446 e. The van der Waals surface area contributed by atoms with Crippen LogP contribution in [-0.2, 0) is 0 Å². The van der Waals surface area contributed by atoms with E-state index in [2.05, 4.69) is 48.5 Å². The quantitative estimate of drug-likeness (QED) is 0.834. The van der Waals surface area contributed by atoms with E-state index in [4.69, 9.17) is 0 Å². The third-order valence-electron chi connectivity index (χ3n) is 3.47. The zero-order valence-corrected chi connectivity index (χ0v) is 10.4. The molecular formula is C14H22N2. The molecule has 2 nitrogen and oxygen atoms in total. The molecule has 1 saturated heterocycles. The van der Waals surface area contributed by atoms with E-state index in [1.54, 1.807) is 0 Å². The molecule has 2 rings (SSSR count). The average molecular weight is 218 g/mol. The summed E-state index contributed by atoms with van der Waals surface area (Å²) >= 11 is 0. The lowest BCUT2D eigenvalue weighted by molar-refractivity contribution is 0.299. The predicted octanol–water partition coefficient (Wildman–Crippen LogP) is 2.35. The Bertz CT molecular complexity index is 312. The van der Waals surface area contributed by atoms with Crippen molar-refractivity contribution in [1.29, 1.82) is 0 Å². The van der Waals surface area contributed by atoms with Gasteiger partial charge in [-0.2, -0.15) is 0 Å². The van der Waals surface area contributed by atoms with Crippen LogP contribution in [0.25, 0.3) is 0 Å². The molecule has 1 heterocycles. The van der Waals surface area contributed by atoms with Gasteiger partial charge in [0, 0.05) is 12.6 Å². The molecule has 0 radical (unpaired) electrons. The minimum atomic E-state index is 0.471. The molecule has 1 fully saturated rings. The molecule has 0 amide bonds. The van der Waals surface area contributed by atoms with Gasteiger partial charge >= 0.3 is 0 Å². The Labute approximate surface area is 98.7 Å². The zero-order chi connectivity index (χ0) is 11.4. The van der Waals surface area contributed by atoms with Crippen LogP contribution in [0.15, 0.2) is 24.3 Å². The SMILES string of the molecule is CNC(CN1CCCC1)c1ccc(C)cc1. The van der Waals surface area contributed by atoms with Crippen LogP contribution in [0.5, 0.6) is 0 Å². The van der Waals surface area contributed by atoms with Gasteiger partial charge in [0.05, 0.1) is 0 Å². The molecule has 2 heteroatoms. The van der Waals surface area contributed by atoms with Crippen LogP contribution in [0.4, 0.5) is 0 Å². The Hall–Kier alpha value is -0.860. The minimum Gasteiger partial charge on any atom is -0.312 e. The molecule has 1 aromatic carbocycles. The van der Waals surface area contributed by atoms with Gasteiger partial charge in [0.2, 0.25) is 0 Å². The number of hydrogen-bond donors (Lipinski definition) is 1. The van der Waals surface area contributed by atoms with Crippen LogP contribution in [0.2, 0.25) is 0 Å². The van der Waals surface area contributed by atoms with Crippen molar-refractivity contribution in [2.24, 2.45) is 0 Å². The molecule has 0 aromatic heterocycles. The van der Waals surface area contributed by atoms with Gasteiger partial charge < -0.3 is 10.2 Å². The summed E-state index contributed by atoms with van der Waals surface area (Å²) in [6.07, 6.45) is 2.73.